The van der Waals surface area contributed by atoms with Crippen molar-refractivity contribution >= 4 is 15.8 Å². The zero-order chi connectivity index (χ0) is 17.6. The molecule has 0 aromatic heterocycles. The van der Waals surface area contributed by atoms with Gasteiger partial charge in [0.1, 0.15) is 5.75 Å². The monoisotopic (exact) mass is 355 g/mol. The van der Waals surface area contributed by atoms with Gasteiger partial charge in [0.15, 0.2) is 15.8 Å². The van der Waals surface area contributed by atoms with Gasteiger partial charge < -0.3 is 20.5 Å². The third kappa shape index (κ3) is 5.38. The molecule has 8 heteroatoms. The van der Waals surface area contributed by atoms with Crippen LogP contribution in [-0.4, -0.2) is 57.2 Å². The van der Waals surface area contributed by atoms with Crippen molar-refractivity contribution < 1.29 is 18.3 Å². The molecule has 2 rings (SSSR count). The molecule has 134 valence electrons. The number of guanidine groups is 1. The van der Waals surface area contributed by atoms with Crippen LogP contribution < -0.4 is 15.4 Å². The molecule has 2 unspecified atom stereocenters. The Morgan fingerprint density at radius 1 is 1.50 bits per heavy atom. The van der Waals surface area contributed by atoms with Crippen molar-refractivity contribution in [2.24, 2.45) is 4.99 Å². The number of ether oxygens (including phenoxy) is 1. The van der Waals surface area contributed by atoms with E-state index in [0.29, 0.717) is 24.7 Å². The van der Waals surface area contributed by atoms with Crippen molar-refractivity contribution in [2.75, 3.05) is 31.7 Å². The Kier molecular flexibility index (Phi) is 6.44. The second-order valence-electron chi connectivity index (χ2n) is 5.76. The van der Waals surface area contributed by atoms with E-state index in [4.69, 9.17) is 4.74 Å². The first-order valence-corrected chi connectivity index (χ1v) is 9.83. The average Bonchev–Trinajstić information content (AvgIpc) is 2.91. The molecule has 1 aliphatic heterocycles. The Balaban J connectivity index is 1.99. The highest BCUT2D eigenvalue weighted by Gasteiger charge is 2.28. The zero-order valence-corrected chi connectivity index (χ0v) is 14.8. The molecule has 1 aromatic carbocycles. The first-order chi connectivity index (χ1) is 11.4. The Hall–Kier alpha value is -1.80. The molecule has 0 saturated carbocycles. The van der Waals surface area contributed by atoms with Gasteiger partial charge in [-0.05, 0) is 31.0 Å². The summed E-state index contributed by atoms with van der Waals surface area (Å²) in [5.74, 6) is 1.52. The molecule has 7 nitrogen and oxygen atoms in total. The zero-order valence-electron chi connectivity index (χ0n) is 14.0. The van der Waals surface area contributed by atoms with Gasteiger partial charge in [-0.25, -0.2) is 8.42 Å². The molecule has 0 spiro atoms. The van der Waals surface area contributed by atoms with E-state index in [0.717, 1.165) is 5.56 Å². The molecule has 1 saturated heterocycles. The summed E-state index contributed by atoms with van der Waals surface area (Å²) in [6, 6.07) is 7.07. The molecular weight excluding hydrogens is 330 g/mol. The molecule has 1 fully saturated rings. The fourth-order valence-corrected chi connectivity index (χ4v) is 4.23. The van der Waals surface area contributed by atoms with Gasteiger partial charge in [0, 0.05) is 12.6 Å². The number of aliphatic imine (C=N–C) groups is 1. The second kappa shape index (κ2) is 8.34. The highest BCUT2D eigenvalue weighted by Crippen LogP contribution is 2.19. The predicted molar refractivity (Wildman–Crippen MR) is 94.1 cm³/mol. The third-order valence-corrected chi connectivity index (χ3v) is 5.59. The highest BCUT2D eigenvalue weighted by molar-refractivity contribution is 7.91. The van der Waals surface area contributed by atoms with Crippen molar-refractivity contribution in [2.45, 2.75) is 25.5 Å². The molecule has 0 aliphatic carbocycles. The molecule has 3 N–H and O–H groups in total. The number of hydrogen-bond donors (Lipinski definition) is 3. The van der Waals surface area contributed by atoms with Gasteiger partial charge in [-0.1, -0.05) is 12.1 Å². The highest BCUT2D eigenvalue weighted by atomic mass is 32.2. The molecule has 0 amide bonds. The van der Waals surface area contributed by atoms with Crippen molar-refractivity contribution in [3.05, 3.63) is 29.8 Å². The summed E-state index contributed by atoms with van der Waals surface area (Å²) in [6.07, 6.45) is -0.187. The summed E-state index contributed by atoms with van der Waals surface area (Å²) in [6.45, 7) is 2.75. The molecular formula is C16H25N3O4S. The van der Waals surface area contributed by atoms with Gasteiger partial charge in [0.2, 0.25) is 0 Å². The van der Waals surface area contributed by atoms with Crippen molar-refractivity contribution in [1.82, 2.24) is 10.6 Å². The first kappa shape index (κ1) is 18.5. The van der Waals surface area contributed by atoms with E-state index in [1.165, 1.54) is 0 Å². The van der Waals surface area contributed by atoms with E-state index in [-0.39, 0.29) is 24.1 Å². The average molecular weight is 355 g/mol. The van der Waals surface area contributed by atoms with E-state index >= 15 is 0 Å². The Labute approximate surface area is 143 Å². The van der Waals surface area contributed by atoms with E-state index in [1.807, 2.05) is 25.1 Å². The lowest BCUT2D eigenvalue weighted by atomic mass is 10.1. The summed E-state index contributed by atoms with van der Waals surface area (Å²) in [4.78, 5) is 4.37. The summed E-state index contributed by atoms with van der Waals surface area (Å²) in [5.41, 5.74) is 0.720. The van der Waals surface area contributed by atoms with Crippen LogP contribution in [-0.2, 0) is 9.84 Å². The van der Waals surface area contributed by atoms with Crippen LogP contribution >= 0.6 is 0 Å². The smallest absolute Gasteiger partial charge is 0.191 e. The summed E-state index contributed by atoms with van der Waals surface area (Å²) < 4.78 is 28.2. The van der Waals surface area contributed by atoms with Crippen LogP contribution in [0.4, 0.5) is 0 Å². The Morgan fingerprint density at radius 2 is 2.29 bits per heavy atom. The number of hydrogen-bond acceptors (Lipinski definition) is 5. The number of rotatable bonds is 6. The predicted octanol–water partition coefficient (Wildman–Crippen LogP) is 0.471. The van der Waals surface area contributed by atoms with E-state index < -0.39 is 15.9 Å². The SMILES string of the molecule is CCNC(=NCC(O)c1cccc(OC)c1)NC1CCS(=O)(=O)C1. The minimum absolute atomic E-state index is 0.121. The van der Waals surface area contributed by atoms with Crippen molar-refractivity contribution in [3.8, 4) is 5.75 Å². The van der Waals surface area contributed by atoms with E-state index in [1.54, 1.807) is 13.2 Å². The van der Waals surface area contributed by atoms with Crippen molar-refractivity contribution in [3.63, 3.8) is 0 Å². The minimum Gasteiger partial charge on any atom is -0.497 e. The number of aliphatic hydroxyl groups is 1. The van der Waals surface area contributed by atoms with E-state index in [2.05, 4.69) is 15.6 Å². The number of nitrogens with one attached hydrogen (secondary N) is 2. The number of nitrogens with zero attached hydrogens (tertiary/aromatic N) is 1. The number of aliphatic hydroxyl groups excluding tert-OH is 1. The summed E-state index contributed by atoms with van der Waals surface area (Å²) in [5, 5.41) is 16.5. The normalized spacial score (nSPS) is 21.3. The fraction of sp³-hybridized carbons (Fsp3) is 0.562. The van der Waals surface area contributed by atoms with Crippen LogP contribution in [0.2, 0.25) is 0 Å². The van der Waals surface area contributed by atoms with Crippen LogP contribution in [0.25, 0.3) is 0 Å². The van der Waals surface area contributed by atoms with Crippen LogP contribution in [0.1, 0.15) is 25.0 Å². The van der Waals surface area contributed by atoms with Gasteiger partial charge in [-0.2, -0.15) is 0 Å². The molecule has 0 bridgehead atoms. The van der Waals surface area contributed by atoms with Gasteiger partial charge >= 0.3 is 0 Å². The number of methoxy groups -OCH3 is 1. The third-order valence-electron chi connectivity index (χ3n) is 3.82. The van der Waals surface area contributed by atoms with Crippen molar-refractivity contribution in [1.29, 1.82) is 0 Å². The lowest BCUT2D eigenvalue weighted by molar-refractivity contribution is 0.186. The van der Waals surface area contributed by atoms with E-state index in [9.17, 15) is 13.5 Å². The fourth-order valence-electron chi connectivity index (χ4n) is 2.55. The van der Waals surface area contributed by atoms with Gasteiger partial charge in [0.05, 0.1) is 31.3 Å². The van der Waals surface area contributed by atoms with Crippen LogP contribution in [0.15, 0.2) is 29.3 Å². The lowest BCUT2D eigenvalue weighted by Crippen LogP contribution is -2.44. The molecule has 0 radical (unpaired) electrons. The largest absolute Gasteiger partial charge is 0.497 e. The minimum atomic E-state index is -2.95. The topological polar surface area (TPSA) is 100 Å². The Morgan fingerprint density at radius 3 is 2.92 bits per heavy atom. The van der Waals surface area contributed by atoms with Crippen LogP contribution in [0.5, 0.6) is 5.75 Å². The number of benzene rings is 1. The van der Waals surface area contributed by atoms with Gasteiger partial charge in [-0.3, -0.25) is 4.99 Å². The van der Waals surface area contributed by atoms with Gasteiger partial charge in [0.25, 0.3) is 0 Å². The Bertz CT molecular complexity index is 676. The second-order valence-corrected chi connectivity index (χ2v) is 7.99. The molecule has 1 aliphatic rings. The summed E-state index contributed by atoms with van der Waals surface area (Å²) >= 11 is 0. The number of sulfone groups is 1. The maximum absolute atomic E-state index is 11.5. The maximum Gasteiger partial charge on any atom is 0.191 e. The standard InChI is InChI=1S/C16H25N3O4S/c1-3-17-16(19-13-7-8-24(21,22)11-13)18-10-15(20)12-5-4-6-14(9-12)23-2/h4-6,9,13,15,20H,3,7-8,10-11H2,1-2H3,(H2,17,18,19). The molecule has 24 heavy (non-hydrogen) atoms. The molecule has 1 aromatic rings. The first-order valence-electron chi connectivity index (χ1n) is 8.01. The summed E-state index contributed by atoms with van der Waals surface area (Å²) in [7, 11) is -1.37. The molecule has 1 heterocycles. The van der Waals surface area contributed by atoms with Crippen LogP contribution in [0.3, 0.4) is 0 Å². The quantitative estimate of drug-likeness (QED) is 0.507. The lowest BCUT2D eigenvalue weighted by Gasteiger charge is -2.17. The van der Waals surface area contributed by atoms with Gasteiger partial charge in [-0.15, -0.1) is 0 Å². The molecule has 2 atom stereocenters. The maximum atomic E-state index is 11.5. The van der Waals surface area contributed by atoms with Crippen LogP contribution in [0, 0.1) is 0 Å².